The SMILES string of the molecule is Cc1ccc(I)cc1C1CCN1. The van der Waals surface area contributed by atoms with Gasteiger partial charge in [-0.25, -0.2) is 0 Å². The zero-order chi connectivity index (χ0) is 8.55. The lowest BCUT2D eigenvalue weighted by Crippen LogP contribution is -2.35. The molecule has 0 aromatic heterocycles. The summed E-state index contributed by atoms with van der Waals surface area (Å²) in [7, 11) is 0. The van der Waals surface area contributed by atoms with Crippen LogP contribution in [0.25, 0.3) is 0 Å². The van der Waals surface area contributed by atoms with Gasteiger partial charge in [-0.3, -0.25) is 0 Å². The fourth-order valence-corrected chi connectivity index (χ4v) is 2.06. The van der Waals surface area contributed by atoms with E-state index in [1.54, 1.807) is 0 Å². The average Bonchev–Trinajstić information content (AvgIpc) is 1.93. The third kappa shape index (κ3) is 1.50. The van der Waals surface area contributed by atoms with Crippen molar-refractivity contribution < 1.29 is 0 Å². The van der Waals surface area contributed by atoms with E-state index in [1.165, 1.54) is 27.7 Å². The van der Waals surface area contributed by atoms with Crippen LogP contribution in [0.15, 0.2) is 18.2 Å². The van der Waals surface area contributed by atoms with Crippen LogP contribution in [0.2, 0.25) is 0 Å². The Morgan fingerprint density at radius 1 is 1.50 bits per heavy atom. The van der Waals surface area contributed by atoms with Crippen molar-refractivity contribution in [2.75, 3.05) is 6.54 Å². The molecule has 0 aliphatic carbocycles. The molecule has 1 unspecified atom stereocenters. The first-order valence-electron chi connectivity index (χ1n) is 4.27. The molecule has 64 valence electrons. The summed E-state index contributed by atoms with van der Waals surface area (Å²) in [5, 5.41) is 3.43. The average molecular weight is 273 g/mol. The smallest absolute Gasteiger partial charge is 0.0335 e. The van der Waals surface area contributed by atoms with Crippen LogP contribution in [0.4, 0.5) is 0 Å². The van der Waals surface area contributed by atoms with Crippen LogP contribution in [0.1, 0.15) is 23.6 Å². The Morgan fingerprint density at radius 3 is 2.83 bits per heavy atom. The van der Waals surface area contributed by atoms with Crippen LogP contribution in [0.3, 0.4) is 0 Å². The Kier molecular flexibility index (Phi) is 2.37. The van der Waals surface area contributed by atoms with E-state index in [-0.39, 0.29) is 0 Å². The van der Waals surface area contributed by atoms with Gasteiger partial charge in [-0.15, -0.1) is 0 Å². The van der Waals surface area contributed by atoms with Crippen LogP contribution in [0, 0.1) is 10.5 Å². The summed E-state index contributed by atoms with van der Waals surface area (Å²) >= 11 is 2.37. The Hall–Kier alpha value is -0.0900. The highest BCUT2D eigenvalue weighted by molar-refractivity contribution is 14.1. The van der Waals surface area contributed by atoms with Crippen molar-refractivity contribution in [2.24, 2.45) is 0 Å². The minimum atomic E-state index is 0.625. The number of hydrogen-bond donors (Lipinski definition) is 1. The maximum atomic E-state index is 3.43. The van der Waals surface area contributed by atoms with Gasteiger partial charge < -0.3 is 5.32 Å². The van der Waals surface area contributed by atoms with Crippen molar-refractivity contribution in [1.29, 1.82) is 0 Å². The van der Waals surface area contributed by atoms with E-state index < -0.39 is 0 Å². The lowest BCUT2D eigenvalue weighted by atomic mass is 9.94. The highest BCUT2D eigenvalue weighted by atomic mass is 127. The molecule has 1 nitrogen and oxygen atoms in total. The van der Waals surface area contributed by atoms with Gasteiger partial charge in [0.1, 0.15) is 0 Å². The monoisotopic (exact) mass is 273 g/mol. The molecule has 2 heteroatoms. The normalized spacial score (nSPS) is 22.0. The lowest BCUT2D eigenvalue weighted by Gasteiger charge is -2.29. The molecule has 0 spiro atoms. The van der Waals surface area contributed by atoms with Crippen molar-refractivity contribution in [3.63, 3.8) is 0 Å². The van der Waals surface area contributed by atoms with Gasteiger partial charge in [0, 0.05) is 9.61 Å². The number of halogens is 1. The van der Waals surface area contributed by atoms with Crippen molar-refractivity contribution in [2.45, 2.75) is 19.4 Å². The first kappa shape index (κ1) is 8.51. The summed E-state index contributed by atoms with van der Waals surface area (Å²) in [4.78, 5) is 0. The van der Waals surface area contributed by atoms with Gasteiger partial charge in [-0.2, -0.15) is 0 Å². The second-order valence-corrected chi connectivity index (χ2v) is 4.54. The van der Waals surface area contributed by atoms with Gasteiger partial charge in [0.2, 0.25) is 0 Å². The van der Waals surface area contributed by atoms with Crippen LogP contribution in [0.5, 0.6) is 0 Å². The second kappa shape index (κ2) is 3.34. The summed E-state index contributed by atoms with van der Waals surface area (Å²) < 4.78 is 1.34. The molecule has 1 heterocycles. The molecular weight excluding hydrogens is 261 g/mol. The molecule has 12 heavy (non-hydrogen) atoms. The number of nitrogens with one attached hydrogen (secondary N) is 1. The van der Waals surface area contributed by atoms with E-state index >= 15 is 0 Å². The van der Waals surface area contributed by atoms with Crippen molar-refractivity contribution in [1.82, 2.24) is 5.32 Å². The van der Waals surface area contributed by atoms with Gasteiger partial charge in [0.05, 0.1) is 0 Å². The molecule has 2 rings (SSSR count). The summed E-state index contributed by atoms with van der Waals surface area (Å²) in [5.74, 6) is 0. The van der Waals surface area contributed by atoms with Crippen LogP contribution in [-0.2, 0) is 0 Å². The molecule has 1 atom stereocenters. The van der Waals surface area contributed by atoms with Crippen molar-refractivity contribution >= 4 is 22.6 Å². The molecule has 1 aromatic carbocycles. The van der Waals surface area contributed by atoms with Crippen LogP contribution < -0.4 is 5.32 Å². The lowest BCUT2D eigenvalue weighted by molar-refractivity contribution is 0.382. The van der Waals surface area contributed by atoms with Crippen LogP contribution >= 0.6 is 22.6 Å². The summed E-state index contributed by atoms with van der Waals surface area (Å²) in [6, 6.07) is 7.28. The standard InChI is InChI=1S/C10H12IN/c1-7-2-3-8(11)6-9(7)10-4-5-12-10/h2-3,6,10,12H,4-5H2,1H3. The van der Waals surface area contributed by atoms with E-state index in [4.69, 9.17) is 0 Å². The van der Waals surface area contributed by atoms with Gasteiger partial charge >= 0.3 is 0 Å². The van der Waals surface area contributed by atoms with Gasteiger partial charge in [0.15, 0.2) is 0 Å². The number of hydrogen-bond acceptors (Lipinski definition) is 1. The fourth-order valence-electron chi connectivity index (χ4n) is 1.54. The second-order valence-electron chi connectivity index (χ2n) is 3.30. The maximum absolute atomic E-state index is 3.43. The molecule has 1 aliphatic rings. The van der Waals surface area contributed by atoms with Gasteiger partial charge in [-0.1, -0.05) is 6.07 Å². The van der Waals surface area contributed by atoms with Crippen molar-refractivity contribution in [3.05, 3.63) is 32.9 Å². The Balaban J connectivity index is 2.34. The Labute approximate surface area is 86.7 Å². The number of aryl methyl sites for hydroxylation is 1. The predicted octanol–water partition coefficient (Wildman–Crippen LogP) is 2.63. The molecule has 1 saturated heterocycles. The first-order valence-corrected chi connectivity index (χ1v) is 5.34. The first-order chi connectivity index (χ1) is 5.77. The summed E-state index contributed by atoms with van der Waals surface area (Å²) in [6.07, 6.45) is 1.29. The Bertz CT molecular complexity index is 292. The summed E-state index contributed by atoms with van der Waals surface area (Å²) in [5.41, 5.74) is 2.89. The predicted molar refractivity (Wildman–Crippen MR) is 59.3 cm³/mol. The highest BCUT2D eigenvalue weighted by Gasteiger charge is 2.19. The zero-order valence-corrected chi connectivity index (χ0v) is 9.26. The third-order valence-electron chi connectivity index (χ3n) is 2.44. The quantitative estimate of drug-likeness (QED) is 0.776. The van der Waals surface area contributed by atoms with E-state index in [0.29, 0.717) is 6.04 Å². The maximum Gasteiger partial charge on any atom is 0.0335 e. The topological polar surface area (TPSA) is 12.0 Å². The Morgan fingerprint density at radius 2 is 2.25 bits per heavy atom. The van der Waals surface area contributed by atoms with Crippen LogP contribution in [-0.4, -0.2) is 6.54 Å². The molecule has 0 amide bonds. The third-order valence-corrected chi connectivity index (χ3v) is 3.11. The molecule has 1 aliphatic heterocycles. The van der Waals surface area contributed by atoms with E-state index in [1.807, 2.05) is 0 Å². The molecule has 1 fully saturated rings. The minimum absolute atomic E-state index is 0.625. The van der Waals surface area contributed by atoms with E-state index in [0.717, 1.165) is 0 Å². The highest BCUT2D eigenvalue weighted by Crippen LogP contribution is 2.26. The minimum Gasteiger partial charge on any atom is -0.310 e. The van der Waals surface area contributed by atoms with Gasteiger partial charge in [-0.05, 0) is 65.7 Å². The molecule has 0 bridgehead atoms. The fraction of sp³-hybridized carbons (Fsp3) is 0.400. The summed E-state index contributed by atoms with van der Waals surface area (Å²) in [6.45, 7) is 3.36. The molecule has 1 N–H and O–H groups in total. The van der Waals surface area contributed by atoms with E-state index in [9.17, 15) is 0 Å². The van der Waals surface area contributed by atoms with E-state index in [2.05, 4.69) is 53.0 Å². The number of rotatable bonds is 1. The molecular formula is C10H12IN. The molecule has 1 aromatic rings. The molecule has 0 saturated carbocycles. The van der Waals surface area contributed by atoms with Crippen molar-refractivity contribution in [3.8, 4) is 0 Å². The number of benzene rings is 1. The zero-order valence-electron chi connectivity index (χ0n) is 7.10. The van der Waals surface area contributed by atoms with Gasteiger partial charge in [0.25, 0.3) is 0 Å². The molecule has 0 radical (unpaired) electrons. The largest absolute Gasteiger partial charge is 0.310 e.